The highest BCUT2D eigenvalue weighted by molar-refractivity contribution is 5.89. The zero-order valence-electron chi connectivity index (χ0n) is 21.5. The second-order valence-corrected chi connectivity index (χ2v) is 11.4. The molecular formula is C29H33F6NO3. The molecule has 2 aromatic carbocycles. The molecule has 39 heavy (non-hydrogen) atoms. The van der Waals surface area contributed by atoms with Crippen LogP contribution in [-0.4, -0.2) is 41.3 Å². The number of aliphatic carboxylic acids is 1. The fourth-order valence-corrected chi connectivity index (χ4v) is 6.97. The zero-order chi connectivity index (χ0) is 27.9. The molecule has 1 saturated heterocycles. The summed E-state index contributed by atoms with van der Waals surface area (Å²) in [4.78, 5) is 14.0. The Labute approximate surface area is 223 Å². The van der Waals surface area contributed by atoms with Crippen LogP contribution in [0.25, 0.3) is 10.8 Å². The second-order valence-electron chi connectivity index (χ2n) is 11.4. The predicted molar refractivity (Wildman–Crippen MR) is 133 cm³/mol. The summed E-state index contributed by atoms with van der Waals surface area (Å²) in [5.41, 5.74) is -0.0623. The summed E-state index contributed by atoms with van der Waals surface area (Å²) in [5.74, 6) is -2.38. The highest BCUT2D eigenvalue weighted by Crippen LogP contribution is 2.45. The Morgan fingerprint density at radius 3 is 2.36 bits per heavy atom. The molecule has 5 rings (SSSR count). The topological polar surface area (TPSA) is 49.8 Å². The number of nitrogens with zero attached hydrogens (tertiary/aromatic N) is 1. The van der Waals surface area contributed by atoms with Gasteiger partial charge in [-0.15, -0.1) is 0 Å². The molecule has 1 aliphatic heterocycles. The number of benzene rings is 2. The Kier molecular flexibility index (Phi) is 7.79. The van der Waals surface area contributed by atoms with Gasteiger partial charge in [-0.05, 0) is 85.4 Å². The molecular weight excluding hydrogens is 524 g/mol. The fraction of sp³-hybridized carbons (Fsp3) is 0.621. The van der Waals surface area contributed by atoms with Crippen LogP contribution in [0.3, 0.4) is 0 Å². The van der Waals surface area contributed by atoms with E-state index in [0.29, 0.717) is 30.8 Å². The average Bonchev–Trinajstić information content (AvgIpc) is 2.87. The van der Waals surface area contributed by atoms with Crippen molar-refractivity contribution in [3.8, 4) is 5.75 Å². The van der Waals surface area contributed by atoms with Gasteiger partial charge >= 0.3 is 18.3 Å². The molecule has 0 spiro atoms. The third kappa shape index (κ3) is 6.15. The van der Waals surface area contributed by atoms with Crippen molar-refractivity contribution in [3.05, 3.63) is 41.5 Å². The molecule has 3 unspecified atom stereocenters. The van der Waals surface area contributed by atoms with Crippen LogP contribution in [0.2, 0.25) is 0 Å². The van der Waals surface area contributed by atoms with Crippen molar-refractivity contribution in [2.75, 3.05) is 13.1 Å². The van der Waals surface area contributed by atoms with E-state index >= 15 is 0 Å². The number of carboxylic acid groups (broad SMARTS) is 1. The van der Waals surface area contributed by atoms with Crippen LogP contribution < -0.4 is 4.74 Å². The molecule has 10 heteroatoms. The molecule has 2 saturated carbocycles. The van der Waals surface area contributed by atoms with Gasteiger partial charge in [-0.25, -0.2) is 0 Å². The minimum atomic E-state index is -4.70. The number of hydrogen-bond donors (Lipinski definition) is 1. The van der Waals surface area contributed by atoms with E-state index in [4.69, 9.17) is 4.74 Å². The molecule has 0 aromatic heterocycles. The van der Waals surface area contributed by atoms with E-state index < -0.39 is 35.9 Å². The fourth-order valence-electron chi connectivity index (χ4n) is 6.97. The molecule has 3 atom stereocenters. The maximum atomic E-state index is 14.2. The number of carboxylic acids is 1. The lowest BCUT2D eigenvalue weighted by Gasteiger charge is -2.44. The van der Waals surface area contributed by atoms with Crippen LogP contribution in [-0.2, 0) is 17.5 Å². The third-order valence-corrected chi connectivity index (χ3v) is 8.98. The molecule has 214 valence electrons. The number of rotatable bonds is 5. The number of hydrogen-bond acceptors (Lipinski definition) is 3. The monoisotopic (exact) mass is 557 g/mol. The molecule has 1 N–H and O–H groups in total. The predicted octanol–water partition coefficient (Wildman–Crippen LogP) is 7.68. The normalized spacial score (nSPS) is 28.7. The molecule has 3 aliphatic rings. The molecule has 1 heterocycles. The summed E-state index contributed by atoms with van der Waals surface area (Å²) in [5, 5.41) is 10.1. The summed E-state index contributed by atoms with van der Waals surface area (Å²) in [6, 6.07) is 7.67. The van der Waals surface area contributed by atoms with Crippen LogP contribution in [0, 0.1) is 23.7 Å². The van der Waals surface area contributed by atoms with Crippen molar-refractivity contribution >= 4 is 16.7 Å². The Morgan fingerprint density at radius 2 is 1.69 bits per heavy atom. The Hall–Kier alpha value is -2.49. The molecule has 0 bridgehead atoms. The SMILES string of the molecule is O=C(O)C1CCCC2CCN(Cc3ccc4c(C(F)(F)F)c(OC5CCC(C(F)(F)F)CC5)ccc4c3)CC21. The quantitative estimate of drug-likeness (QED) is 0.383. The van der Waals surface area contributed by atoms with Gasteiger partial charge in [0.2, 0.25) is 0 Å². The van der Waals surface area contributed by atoms with Crippen LogP contribution in [0.4, 0.5) is 26.3 Å². The van der Waals surface area contributed by atoms with E-state index in [1.54, 1.807) is 18.2 Å². The molecule has 3 fully saturated rings. The summed E-state index contributed by atoms with van der Waals surface area (Å²) in [7, 11) is 0. The van der Waals surface area contributed by atoms with Crippen molar-refractivity contribution < 1.29 is 41.0 Å². The van der Waals surface area contributed by atoms with Crippen molar-refractivity contribution in [1.82, 2.24) is 4.90 Å². The smallest absolute Gasteiger partial charge is 0.420 e. The highest BCUT2D eigenvalue weighted by Gasteiger charge is 2.43. The lowest BCUT2D eigenvalue weighted by molar-refractivity contribution is -0.185. The first-order chi connectivity index (χ1) is 18.4. The van der Waals surface area contributed by atoms with Gasteiger partial charge in [0.05, 0.1) is 17.9 Å². The van der Waals surface area contributed by atoms with Crippen LogP contribution in [0.15, 0.2) is 30.3 Å². The van der Waals surface area contributed by atoms with Gasteiger partial charge in [0.1, 0.15) is 11.3 Å². The third-order valence-electron chi connectivity index (χ3n) is 8.98. The molecule has 0 radical (unpaired) electrons. The number of halogens is 6. The average molecular weight is 558 g/mol. The van der Waals surface area contributed by atoms with E-state index in [0.717, 1.165) is 31.4 Å². The number of fused-ring (bicyclic) bond motifs is 2. The number of alkyl halides is 6. The van der Waals surface area contributed by atoms with Gasteiger partial charge in [-0.1, -0.05) is 31.0 Å². The van der Waals surface area contributed by atoms with E-state index in [2.05, 4.69) is 4.90 Å². The van der Waals surface area contributed by atoms with Crippen molar-refractivity contribution in [2.24, 2.45) is 23.7 Å². The lowest BCUT2D eigenvalue weighted by atomic mass is 9.69. The van der Waals surface area contributed by atoms with Crippen LogP contribution >= 0.6 is 0 Å². The standard InChI is InChI=1S/C29H33F6NO3/c30-28(31,32)20-6-8-21(9-7-20)39-25-11-5-19-14-17(4-10-22(19)26(25)29(33,34)35)15-36-13-12-18-2-1-3-23(27(37)38)24(18)16-36/h4-5,10-11,14,18,20-21,23-24H,1-3,6-9,12-13,15-16H2,(H,37,38). The molecule has 2 aliphatic carbocycles. The number of ether oxygens (including phenoxy) is 1. The maximum Gasteiger partial charge on any atom is 0.420 e. The summed E-state index contributed by atoms with van der Waals surface area (Å²) >= 11 is 0. The Balaban J connectivity index is 1.32. The lowest BCUT2D eigenvalue weighted by Crippen LogP contribution is -2.46. The van der Waals surface area contributed by atoms with E-state index in [9.17, 15) is 36.2 Å². The second kappa shape index (κ2) is 10.8. The van der Waals surface area contributed by atoms with Gasteiger partial charge in [-0.2, -0.15) is 26.3 Å². The van der Waals surface area contributed by atoms with Crippen molar-refractivity contribution in [2.45, 2.75) is 76.4 Å². The summed E-state index contributed by atoms with van der Waals surface area (Å²) in [6.45, 7) is 2.01. The minimum Gasteiger partial charge on any atom is -0.490 e. The van der Waals surface area contributed by atoms with Crippen molar-refractivity contribution in [3.63, 3.8) is 0 Å². The van der Waals surface area contributed by atoms with Gasteiger partial charge < -0.3 is 9.84 Å². The highest BCUT2D eigenvalue weighted by atomic mass is 19.4. The first-order valence-electron chi connectivity index (χ1n) is 13.7. The Bertz CT molecular complexity index is 1190. The molecule has 0 amide bonds. The number of piperidine rings is 1. The van der Waals surface area contributed by atoms with Gasteiger partial charge in [0.25, 0.3) is 0 Å². The largest absolute Gasteiger partial charge is 0.490 e. The minimum absolute atomic E-state index is 0.00958. The van der Waals surface area contributed by atoms with Crippen LogP contribution in [0.5, 0.6) is 5.75 Å². The van der Waals surface area contributed by atoms with Gasteiger partial charge in [0.15, 0.2) is 0 Å². The van der Waals surface area contributed by atoms with Gasteiger partial charge in [-0.3, -0.25) is 9.69 Å². The van der Waals surface area contributed by atoms with Crippen LogP contribution in [0.1, 0.15) is 62.5 Å². The maximum absolute atomic E-state index is 14.2. The first kappa shape index (κ1) is 28.1. The van der Waals surface area contributed by atoms with E-state index in [1.807, 2.05) is 0 Å². The molecule has 2 aromatic rings. The summed E-state index contributed by atoms with van der Waals surface area (Å²) in [6.07, 6.45) is -6.30. The van der Waals surface area contributed by atoms with E-state index in [-0.39, 0.29) is 48.7 Å². The molecule has 4 nitrogen and oxygen atoms in total. The van der Waals surface area contributed by atoms with Crippen molar-refractivity contribution in [1.29, 1.82) is 0 Å². The first-order valence-corrected chi connectivity index (χ1v) is 13.7. The van der Waals surface area contributed by atoms with Gasteiger partial charge in [0, 0.05) is 13.1 Å². The number of carbonyl (C=O) groups is 1. The summed E-state index contributed by atoms with van der Waals surface area (Å²) < 4.78 is 87.2. The zero-order valence-corrected chi connectivity index (χ0v) is 21.5. The number of likely N-dealkylation sites (tertiary alicyclic amines) is 1. The van der Waals surface area contributed by atoms with E-state index in [1.165, 1.54) is 12.1 Å². The Morgan fingerprint density at radius 1 is 0.949 bits per heavy atom.